The van der Waals surface area contributed by atoms with Crippen molar-refractivity contribution < 1.29 is 4.74 Å². The molecule has 0 aromatic heterocycles. The van der Waals surface area contributed by atoms with Crippen LogP contribution in [-0.4, -0.2) is 18.2 Å². The predicted octanol–water partition coefficient (Wildman–Crippen LogP) is 4.06. The number of fused-ring (bicyclic) bond motifs is 3. The van der Waals surface area contributed by atoms with E-state index >= 15 is 0 Å². The average molecular weight is 304 g/mol. The number of hydrogen-bond donors (Lipinski definition) is 1. The van der Waals surface area contributed by atoms with Crippen molar-refractivity contribution in [3.8, 4) is 0 Å². The first-order valence-electron chi connectivity index (χ1n) is 7.72. The van der Waals surface area contributed by atoms with Gasteiger partial charge in [0.2, 0.25) is 0 Å². The quantitative estimate of drug-likeness (QED) is 0.923. The molecule has 2 heterocycles. The second-order valence-electron chi connectivity index (χ2n) is 6.22. The summed E-state index contributed by atoms with van der Waals surface area (Å²) in [6, 6.07) is 16.6. The molecular weight excluding hydrogens is 282 g/mol. The highest BCUT2D eigenvalue weighted by Crippen LogP contribution is 2.29. The predicted molar refractivity (Wildman–Crippen MR) is 89.0 cm³/mol. The molecule has 0 spiro atoms. The fraction of sp³-hybridized carbons (Fsp3) is 0.444. The van der Waals surface area contributed by atoms with E-state index in [1.54, 1.807) is 0 Å². The summed E-state index contributed by atoms with van der Waals surface area (Å²) >= 11 is 0. The molecule has 112 valence electrons. The molecule has 2 aliphatic heterocycles. The molecular formula is C18H22ClNO. The normalized spacial score (nSPS) is 27.5. The Hall–Kier alpha value is -1.09. The zero-order chi connectivity index (χ0) is 13.4. The Morgan fingerprint density at radius 3 is 2.43 bits per heavy atom. The van der Waals surface area contributed by atoms with Crippen molar-refractivity contribution in [2.45, 2.75) is 50.5 Å². The smallest absolute Gasteiger partial charge is 0.0720 e. The van der Waals surface area contributed by atoms with Crippen molar-refractivity contribution in [3.05, 3.63) is 48.0 Å². The Kier molecular flexibility index (Phi) is 4.48. The molecule has 0 aliphatic carbocycles. The second kappa shape index (κ2) is 6.35. The van der Waals surface area contributed by atoms with Crippen LogP contribution in [0.3, 0.4) is 0 Å². The molecule has 0 radical (unpaired) electrons. The molecule has 1 N–H and O–H groups in total. The largest absolute Gasteiger partial charge is 0.373 e. The third kappa shape index (κ3) is 3.23. The van der Waals surface area contributed by atoms with Gasteiger partial charge in [0, 0.05) is 12.1 Å². The van der Waals surface area contributed by atoms with Crippen LogP contribution in [0.2, 0.25) is 0 Å². The summed E-state index contributed by atoms with van der Waals surface area (Å²) < 4.78 is 6.16. The van der Waals surface area contributed by atoms with Crippen LogP contribution in [-0.2, 0) is 11.3 Å². The Balaban J connectivity index is 0.00000132. The highest BCUT2D eigenvalue weighted by atomic mass is 35.5. The van der Waals surface area contributed by atoms with Gasteiger partial charge >= 0.3 is 0 Å². The van der Waals surface area contributed by atoms with Crippen molar-refractivity contribution in [2.75, 3.05) is 0 Å². The van der Waals surface area contributed by atoms with Crippen LogP contribution >= 0.6 is 12.4 Å². The number of benzene rings is 2. The second-order valence-corrected chi connectivity index (χ2v) is 6.22. The van der Waals surface area contributed by atoms with Gasteiger partial charge in [0.15, 0.2) is 0 Å². The molecule has 2 fully saturated rings. The highest BCUT2D eigenvalue weighted by Gasteiger charge is 2.33. The van der Waals surface area contributed by atoms with Crippen molar-refractivity contribution >= 4 is 23.2 Å². The molecule has 0 unspecified atom stereocenters. The van der Waals surface area contributed by atoms with E-state index in [4.69, 9.17) is 4.74 Å². The minimum Gasteiger partial charge on any atom is -0.373 e. The van der Waals surface area contributed by atoms with Crippen LogP contribution in [0.5, 0.6) is 0 Å². The van der Waals surface area contributed by atoms with Crippen molar-refractivity contribution in [1.29, 1.82) is 0 Å². The average Bonchev–Trinajstić information content (AvgIpc) is 2.84. The van der Waals surface area contributed by atoms with Crippen LogP contribution in [0.4, 0.5) is 0 Å². The Labute approximate surface area is 132 Å². The Bertz CT molecular complexity index is 603. The maximum atomic E-state index is 6.16. The van der Waals surface area contributed by atoms with Crippen molar-refractivity contribution in [2.24, 2.45) is 0 Å². The lowest BCUT2D eigenvalue weighted by Gasteiger charge is -2.29. The van der Waals surface area contributed by atoms with Gasteiger partial charge in [-0.05, 0) is 48.1 Å². The molecule has 2 aliphatic rings. The maximum absolute atomic E-state index is 6.16. The zero-order valence-electron chi connectivity index (χ0n) is 12.1. The summed E-state index contributed by atoms with van der Waals surface area (Å²) in [4.78, 5) is 0. The highest BCUT2D eigenvalue weighted by molar-refractivity contribution is 5.85. The molecule has 3 atom stereocenters. The number of nitrogens with one attached hydrogen (secondary N) is 1. The van der Waals surface area contributed by atoms with Crippen LogP contribution in [0, 0.1) is 0 Å². The van der Waals surface area contributed by atoms with Gasteiger partial charge in [0.05, 0.1) is 12.7 Å². The third-order valence-electron chi connectivity index (χ3n) is 4.73. The number of piperidine rings is 1. The molecule has 2 nitrogen and oxygen atoms in total. The molecule has 2 bridgehead atoms. The number of halogens is 1. The number of rotatable bonds is 3. The summed E-state index contributed by atoms with van der Waals surface area (Å²) in [5, 5.41) is 6.27. The van der Waals surface area contributed by atoms with Gasteiger partial charge in [-0.3, -0.25) is 0 Å². The SMILES string of the molecule is Cl.c1ccc2cc(CO[C@H]3C[C@H]4CC[C@@H](C3)N4)ccc2c1. The standard InChI is InChI=1S/C18H21NO.ClH/c1-2-4-15-9-13(5-6-14(15)3-1)12-20-18-10-16-7-8-17(11-18)19-16;/h1-6,9,16-19H,7-8,10-12H2;1H/t16-,17+,18+;. The van der Waals surface area contributed by atoms with Crippen molar-refractivity contribution in [1.82, 2.24) is 5.32 Å². The minimum atomic E-state index is 0. The Morgan fingerprint density at radius 1 is 0.952 bits per heavy atom. The lowest BCUT2D eigenvalue weighted by atomic mass is 10.0. The first-order chi connectivity index (χ1) is 9.87. The van der Waals surface area contributed by atoms with E-state index in [0.29, 0.717) is 18.2 Å². The molecule has 21 heavy (non-hydrogen) atoms. The van der Waals surface area contributed by atoms with Gasteiger partial charge in [0.25, 0.3) is 0 Å². The van der Waals surface area contributed by atoms with Crippen LogP contribution < -0.4 is 5.32 Å². The van der Waals surface area contributed by atoms with E-state index in [1.807, 2.05) is 0 Å². The molecule has 2 aromatic rings. The van der Waals surface area contributed by atoms with Gasteiger partial charge in [0.1, 0.15) is 0 Å². The first-order valence-corrected chi connectivity index (χ1v) is 7.72. The summed E-state index contributed by atoms with van der Waals surface area (Å²) in [6.45, 7) is 0.745. The molecule has 2 aromatic carbocycles. The van der Waals surface area contributed by atoms with Gasteiger partial charge in [-0.1, -0.05) is 36.4 Å². The fourth-order valence-electron chi connectivity index (χ4n) is 3.68. The van der Waals surface area contributed by atoms with Gasteiger partial charge < -0.3 is 10.1 Å². The molecule has 3 heteroatoms. The third-order valence-corrected chi connectivity index (χ3v) is 4.73. The summed E-state index contributed by atoms with van der Waals surface area (Å²) in [5.41, 5.74) is 1.29. The zero-order valence-corrected chi connectivity index (χ0v) is 12.9. The van der Waals surface area contributed by atoms with E-state index in [0.717, 1.165) is 6.61 Å². The minimum absolute atomic E-state index is 0. The summed E-state index contributed by atoms with van der Waals surface area (Å²) in [5.74, 6) is 0. The lowest BCUT2D eigenvalue weighted by molar-refractivity contribution is 0.00922. The van der Waals surface area contributed by atoms with Gasteiger partial charge in [-0.25, -0.2) is 0 Å². The van der Waals surface area contributed by atoms with Crippen LogP contribution in [0.1, 0.15) is 31.2 Å². The van der Waals surface area contributed by atoms with Gasteiger partial charge in [-0.2, -0.15) is 0 Å². The molecule has 2 saturated heterocycles. The van der Waals surface area contributed by atoms with Crippen LogP contribution in [0.15, 0.2) is 42.5 Å². The topological polar surface area (TPSA) is 21.3 Å². The lowest BCUT2D eigenvalue weighted by Crippen LogP contribution is -2.41. The molecule has 0 amide bonds. The van der Waals surface area contributed by atoms with E-state index < -0.39 is 0 Å². The Morgan fingerprint density at radius 2 is 1.67 bits per heavy atom. The van der Waals surface area contributed by atoms with E-state index in [2.05, 4.69) is 47.8 Å². The number of ether oxygens (including phenoxy) is 1. The fourth-order valence-corrected chi connectivity index (χ4v) is 3.68. The number of hydrogen-bond acceptors (Lipinski definition) is 2. The van der Waals surface area contributed by atoms with E-state index in [9.17, 15) is 0 Å². The first kappa shape index (κ1) is 14.8. The van der Waals surface area contributed by atoms with Gasteiger partial charge in [-0.15, -0.1) is 12.4 Å². The summed E-state index contributed by atoms with van der Waals surface area (Å²) in [7, 11) is 0. The van der Waals surface area contributed by atoms with Crippen LogP contribution in [0.25, 0.3) is 10.8 Å². The summed E-state index contributed by atoms with van der Waals surface area (Å²) in [6.07, 6.45) is 5.48. The van der Waals surface area contributed by atoms with E-state index in [1.165, 1.54) is 42.0 Å². The molecule has 4 rings (SSSR count). The molecule has 0 saturated carbocycles. The van der Waals surface area contributed by atoms with Crippen molar-refractivity contribution in [3.63, 3.8) is 0 Å². The monoisotopic (exact) mass is 303 g/mol. The van der Waals surface area contributed by atoms with E-state index in [-0.39, 0.29) is 12.4 Å². The maximum Gasteiger partial charge on any atom is 0.0720 e.